The number of aromatic amines is 1. The van der Waals surface area contributed by atoms with Gasteiger partial charge in [0.2, 0.25) is 5.91 Å². The molecular weight excluding hydrogens is 284 g/mol. The van der Waals surface area contributed by atoms with Crippen LogP contribution in [0.5, 0.6) is 0 Å². The highest BCUT2D eigenvalue weighted by Gasteiger charge is 2.07. The number of nitrogens with two attached hydrogens (primary N) is 1. The first-order valence-electron chi connectivity index (χ1n) is 4.98. The second-order valence-electron chi connectivity index (χ2n) is 3.56. The number of carbonyl (C=O) groups excluding carboxylic acids is 1. The van der Waals surface area contributed by atoms with Gasteiger partial charge in [0.05, 0.1) is 18.3 Å². The summed E-state index contributed by atoms with van der Waals surface area (Å²) < 4.78 is 0.948. The summed E-state index contributed by atoms with van der Waals surface area (Å²) in [5, 5.41) is 9.00. The predicted molar refractivity (Wildman–Crippen MR) is 69.5 cm³/mol. The molecule has 2 aromatic rings. The number of amides is 1. The number of nitrogen functional groups attached to an aromatic ring is 1. The summed E-state index contributed by atoms with van der Waals surface area (Å²) >= 11 is 3.36. The number of hydrogen-bond donors (Lipinski definition) is 3. The van der Waals surface area contributed by atoms with E-state index in [0.717, 1.165) is 10.0 Å². The lowest BCUT2D eigenvalue weighted by Gasteiger charge is -2.04. The fourth-order valence-corrected chi connectivity index (χ4v) is 1.86. The molecule has 0 aliphatic carbocycles. The van der Waals surface area contributed by atoms with Gasteiger partial charge in [-0.25, -0.2) is 0 Å². The van der Waals surface area contributed by atoms with Gasteiger partial charge in [-0.05, 0) is 17.7 Å². The van der Waals surface area contributed by atoms with E-state index >= 15 is 0 Å². The first-order chi connectivity index (χ1) is 8.15. The Kier molecular flexibility index (Phi) is 3.43. The quantitative estimate of drug-likeness (QED) is 0.809. The van der Waals surface area contributed by atoms with Crippen molar-refractivity contribution in [1.82, 2.24) is 10.2 Å². The van der Waals surface area contributed by atoms with Crippen molar-refractivity contribution in [3.05, 3.63) is 40.5 Å². The van der Waals surface area contributed by atoms with Gasteiger partial charge in [0.25, 0.3) is 0 Å². The van der Waals surface area contributed by atoms with Crippen LogP contribution in [0.3, 0.4) is 0 Å². The van der Waals surface area contributed by atoms with Crippen molar-refractivity contribution in [2.45, 2.75) is 6.42 Å². The lowest BCUT2D eigenvalue weighted by molar-refractivity contribution is -0.115. The largest absolute Gasteiger partial charge is 0.394 e. The molecule has 0 aliphatic rings. The molecule has 0 aliphatic heterocycles. The third-order valence-corrected chi connectivity index (χ3v) is 2.68. The van der Waals surface area contributed by atoms with Gasteiger partial charge in [0, 0.05) is 4.47 Å². The molecule has 0 radical (unpaired) electrons. The van der Waals surface area contributed by atoms with Gasteiger partial charge in [-0.1, -0.05) is 28.1 Å². The van der Waals surface area contributed by atoms with Crippen molar-refractivity contribution in [3.8, 4) is 0 Å². The van der Waals surface area contributed by atoms with Crippen LogP contribution in [-0.4, -0.2) is 16.1 Å². The van der Waals surface area contributed by atoms with Crippen LogP contribution in [0.1, 0.15) is 5.56 Å². The van der Waals surface area contributed by atoms with Crippen molar-refractivity contribution < 1.29 is 4.79 Å². The number of nitrogens with zero attached hydrogens (tertiary/aromatic N) is 1. The molecular formula is C11H11BrN4O. The number of rotatable bonds is 3. The minimum Gasteiger partial charge on any atom is -0.394 e. The number of benzene rings is 1. The van der Waals surface area contributed by atoms with Gasteiger partial charge in [0.1, 0.15) is 0 Å². The molecule has 4 N–H and O–H groups in total. The van der Waals surface area contributed by atoms with E-state index in [2.05, 4.69) is 31.4 Å². The van der Waals surface area contributed by atoms with Gasteiger partial charge in [-0.3, -0.25) is 9.89 Å². The predicted octanol–water partition coefficient (Wildman–Crippen LogP) is 1.94. The Bertz CT molecular complexity index is 538. The van der Waals surface area contributed by atoms with Crippen LogP contribution >= 0.6 is 15.9 Å². The van der Waals surface area contributed by atoms with Crippen molar-refractivity contribution >= 4 is 33.3 Å². The SMILES string of the molecule is Nc1cn[nH]c1NC(=O)Cc1cccc(Br)c1. The summed E-state index contributed by atoms with van der Waals surface area (Å²) in [5.41, 5.74) is 6.94. The first-order valence-corrected chi connectivity index (χ1v) is 5.77. The standard InChI is InChI=1S/C11H11BrN4O/c12-8-3-1-2-7(4-8)5-10(17)15-11-9(13)6-14-16-11/h1-4,6H,5,13H2,(H2,14,15,16,17). The smallest absolute Gasteiger partial charge is 0.229 e. The van der Waals surface area contributed by atoms with Gasteiger partial charge in [-0.2, -0.15) is 5.10 Å². The second kappa shape index (κ2) is 5.01. The number of hydrogen-bond acceptors (Lipinski definition) is 3. The number of carbonyl (C=O) groups is 1. The molecule has 0 saturated heterocycles. The zero-order valence-corrected chi connectivity index (χ0v) is 10.5. The highest BCUT2D eigenvalue weighted by Crippen LogP contribution is 2.15. The molecule has 17 heavy (non-hydrogen) atoms. The summed E-state index contributed by atoms with van der Waals surface area (Å²) in [5.74, 6) is 0.295. The number of halogens is 1. The Morgan fingerprint density at radius 2 is 2.35 bits per heavy atom. The topological polar surface area (TPSA) is 83.8 Å². The maximum atomic E-state index is 11.7. The number of H-pyrrole nitrogens is 1. The van der Waals surface area contributed by atoms with E-state index in [1.807, 2.05) is 24.3 Å². The molecule has 0 atom stereocenters. The van der Waals surface area contributed by atoms with Crippen LogP contribution in [-0.2, 0) is 11.2 Å². The van der Waals surface area contributed by atoms with Gasteiger partial charge >= 0.3 is 0 Å². The molecule has 0 spiro atoms. The van der Waals surface area contributed by atoms with Gasteiger partial charge in [0.15, 0.2) is 5.82 Å². The van der Waals surface area contributed by atoms with Crippen molar-refractivity contribution in [3.63, 3.8) is 0 Å². The van der Waals surface area contributed by atoms with E-state index in [-0.39, 0.29) is 12.3 Å². The maximum Gasteiger partial charge on any atom is 0.229 e. The fourth-order valence-electron chi connectivity index (χ4n) is 1.41. The van der Waals surface area contributed by atoms with E-state index in [1.54, 1.807) is 0 Å². The minimum absolute atomic E-state index is 0.140. The third kappa shape index (κ3) is 3.07. The summed E-state index contributed by atoms with van der Waals surface area (Å²) in [6, 6.07) is 7.59. The Morgan fingerprint density at radius 1 is 1.53 bits per heavy atom. The summed E-state index contributed by atoms with van der Waals surface area (Å²) in [4.78, 5) is 11.7. The Balaban J connectivity index is 2.01. The van der Waals surface area contributed by atoms with Crippen molar-refractivity contribution in [2.24, 2.45) is 0 Å². The van der Waals surface area contributed by atoms with E-state index in [0.29, 0.717) is 11.5 Å². The number of aromatic nitrogens is 2. The monoisotopic (exact) mass is 294 g/mol. The highest BCUT2D eigenvalue weighted by atomic mass is 79.9. The van der Waals surface area contributed by atoms with Crippen LogP contribution in [0.4, 0.5) is 11.5 Å². The molecule has 2 rings (SSSR count). The molecule has 6 heteroatoms. The average Bonchev–Trinajstić information content (AvgIpc) is 2.64. The lowest BCUT2D eigenvalue weighted by Crippen LogP contribution is -2.15. The molecule has 1 heterocycles. The molecule has 0 bridgehead atoms. The van der Waals surface area contributed by atoms with Crippen molar-refractivity contribution in [1.29, 1.82) is 0 Å². The van der Waals surface area contributed by atoms with E-state index in [1.165, 1.54) is 6.20 Å². The second-order valence-corrected chi connectivity index (χ2v) is 4.47. The molecule has 1 aromatic heterocycles. The Labute approximate surface area is 107 Å². The summed E-state index contributed by atoms with van der Waals surface area (Å²) in [7, 11) is 0. The molecule has 1 amide bonds. The van der Waals surface area contributed by atoms with Crippen LogP contribution in [0.2, 0.25) is 0 Å². The van der Waals surface area contributed by atoms with E-state index in [4.69, 9.17) is 5.73 Å². The van der Waals surface area contributed by atoms with Crippen LogP contribution < -0.4 is 11.1 Å². The van der Waals surface area contributed by atoms with Gasteiger partial charge in [-0.15, -0.1) is 0 Å². The highest BCUT2D eigenvalue weighted by molar-refractivity contribution is 9.10. The van der Waals surface area contributed by atoms with Crippen LogP contribution in [0.15, 0.2) is 34.9 Å². The summed E-state index contributed by atoms with van der Waals surface area (Å²) in [6.45, 7) is 0. The first kappa shape index (κ1) is 11.7. The maximum absolute atomic E-state index is 11.7. The number of nitrogens with one attached hydrogen (secondary N) is 2. The molecule has 0 unspecified atom stereocenters. The van der Waals surface area contributed by atoms with Crippen LogP contribution in [0.25, 0.3) is 0 Å². The zero-order valence-electron chi connectivity index (χ0n) is 8.90. The fraction of sp³-hybridized carbons (Fsp3) is 0.0909. The third-order valence-electron chi connectivity index (χ3n) is 2.19. The van der Waals surface area contributed by atoms with E-state index in [9.17, 15) is 4.79 Å². The molecule has 88 valence electrons. The Hall–Kier alpha value is -1.82. The number of anilines is 2. The molecule has 0 fully saturated rings. The van der Waals surface area contributed by atoms with Crippen LogP contribution in [0, 0.1) is 0 Å². The molecule has 5 nitrogen and oxygen atoms in total. The minimum atomic E-state index is -0.140. The zero-order chi connectivity index (χ0) is 12.3. The Morgan fingerprint density at radius 3 is 3.00 bits per heavy atom. The normalized spacial score (nSPS) is 10.2. The van der Waals surface area contributed by atoms with E-state index < -0.39 is 0 Å². The lowest BCUT2D eigenvalue weighted by atomic mass is 10.1. The van der Waals surface area contributed by atoms with Gasteiger partial charge < -0.3 is 11.1 Å². The average molecular weight is 295 g/mol. The van der Waals surface area contributed by atoms with Crippen molar-refractivity contribution in [2.75, 3.05) is 11.1 Å². The molecule has 1 aromatic carbocycles. The molecule has 0 saturated carbocycles. The summed E-state index contributed by atoms with van der Waals surface area (Å²) in [6.07, 6.45) is 1.74.